The lowest BCUT2D eigenvalue weighted by molar-refractivity contribution is 0.406. The van der Waals surface area contributed by atoms with Crippen LogP contribution in [0.5, 0.6) is 0 Å². The maximum Gasteiger partial charge on any atom is 0.101 e. The number of pyridine rings is 1. The predicted molar refractivity (Wildman–Crippen MR) is 69.8 cm³/mol. The number of nitrogens with one attached hydrogen (secondary N) is 1. The monoisotopic (exact) mass is 236 g/mol. The second-order valence-electron chi connectivity index (χ2n) is 4.57. The van der Waals surface area contributed by atoms with Crippen LogP contribution < -0.4 is 5.32 Å². The molecule has 16 heavy (non-hydrogen) atoms. The fraction of sp³-hybridized carbons (Fsp3) is 0.615. The van der Waals surface area contributed by atoms with Crippen molar-refractivity contribution in [3.63, 3.8) is 0 Å². The lowest BCUT2D eigenvalue weighted by atomic mass is 9.99. The van der Waals surface area contributed by atoms with Crippen molar-refractivity contribution < 1.29 is 0 Å². The predicted octanol–water partition coefficient (Wildman–Crippen LogP) is 3.40. The molecule has 1 aliphatic heterocycles. The largest absolute Gasteiger partial charge is 0.310 e. The third kappa shape index (κ3) is 2.98. The summed E-state index contributed by atoms with van der Waals surface area (Å²) in [4.78, 5) is 4.52. The number of aromatic nitrogens is 1. The number of nitrogens with zero attached hydrogens (tertiary/aromatic N) is 1. The van der Waals surface area contributed by atoms with E-state index in [2.05, 4.69) is 36.3 Å². The van der Waals surface area contributed by atoms with Crippen molar-refractivity contribution in [1.29, 1.82) is 0 Å². The number of piperidine rings is 1. The van der Waals surface area contributed by atoms with E-state index in [4.69, 9.17) is 0 Å². The molecular weight excluding hydrogens is 216 g/mol. The summed E-state index contributed by atoms with van der Waals surface area (Å²) >= 11 is 1.87. The third-order valence-electron chi connectivity index (χ3n) is 2.83. The van der Waals surface area contributed by atoms with Crippen LogP contribution in [-0.4, -0.2) is 16.8 Å². The van der Waals surface area contributed by atoms with Crippen molar-refractivity contribution in [3.8, 4) is 0 Å². The Hall–Kier alpha value is -0.540. The lowest BCUT2D eigenvalue weighted by Crippen LogP contribution is -2.27. The number of hydrogen-bond acceptors (Lipinski definition) is 3. The van der Waals surface area contributed by atoms with Crippen LogP contribution in [0.3, 0.4) is 0 Å². The minimum absolute atomic E-state index is 0.517. The molecule has 88 valence electrons. The van der Waals surface area contributed by atoms with Gasteiger partial charge in [-0.3, -0.25) is 0 Å². The number of hydrogen-bond donors (Lipinski definition) is 1. The van der Waals surface area contributed by atoms with Gasteiger partial charge >= 0.3 is 0 Å². The zero-order valence-electron chi connectivity index (χ0n) is 10.1. The highest BCUT2D eigenvalue weighted by Gasteiger charge is 2.18. The van der Waals surface area contributed by atoms with Gasteiger partial charge in [-0.05, 0) is 25.5 Å². The molecule has 0 aromatic carbocycles. The molecule has 0 unspecified atom stereocenters. The van der Waals surface area contributed by atoms with E-state index in [-0.39, 0.29) is 0 Å². The molecule has 2 heterocycles. The van der Waals surface area contributed by atoms with Crippen molar-refractivity contribution in [2.45, 2.75) is 49.4 Å². The maximum atomic E-state index is 4.52. The average Bonchev–Trinajstić information content (AvgIpc) is 2.30. The van der Waals surface area contributed by atoms with Gasteiger partial charge in [0, 0.05) is 23.1 Å². The van der Waals surface area contributed by atoms with Gasteiger partial charge < -0.3 is 5.32 Å². The van der Waals surface area contributed by atoms with Gasteiger partial charge in [0.2, 0.25) is 0 Å². The molecule has 0 spiro atoms. The van der Waals surface area contributed by atoms with Gasteiger partial charge in [-0.15, -0.1) is 11.8 Å². The Kier molecular flexibility index (Phi) is 4.24. The summed E-state index contributed by atoms with van der Waals surface area (Å²) in [6, 6.07) is 4.79. The molecule has 0 saturated carbocycles. The highest BCUT2D eigenvalue weighted by molar-refractivity contribution is 7.99. The Morgan fingerprint density at radius 3 is 3.00 bits per heavy atom. The van der Waals surface area contributed by atoms with E-state index in [0.29, 0.717) is 11.3 Å². The molecule has 1 aromatic heterocycles. The van der Waals surface area contributed by atoms with Gasteiger partial charge in [0.25, 0.3) is 0 Å². The van der Waals surface area contributed by atoms with Gasteiger partial charge in [-0.25, -0.2) is 4.98 Å². The molecule has 1 aromatic rings. The average molecular weight is 236 g/mol. The van der Waals surface area contributed by atoms with Crippen LogP contribution in [0, 0.1) is 0 Å². The van der Waals surface area contributed by atoms with Gasteiger partial charge in [-0.2, -0.15) is 0 Å². The Labute approximate surface area is 102 Å². The van der Waals surface area contributed by atoms with Crippen molar-refractivity contribution in [3.05, 3.63) is 23.9 Å². The zero-order valence-corrected chi connectivity index (χ0v) is 10.9. The SMILES string of the molecule is CC(C)Sc1ncccc1[C@@H]1CCCCN1. The molecule has 0 radical (unpaired) electrons. The standard InChI is InChI=1S/C13H20N2S/c1-10(2)16-13-11(6-5-9-15-13)12-7-3-4-8-14-12/h5-6,9-10,12,14H,3-4,7-8H2,1-2H3/t12-/m0/s1. The quantitative estimate of drug-likeness (QED) is 0.814. The smallest absolute Gasteiger partial charge is 0.101 e. The first kappa shape index (κ1) is 11.9. The third-order valence-corrected chi connectivity index (χ3v) is 3.87. The molecule has 3 heteroatoms. The van der Waals surface area contributed by atoms with Crippen molar-refractivity contribution in [2.24, 2.45) is 0 Å². The second kappa shape index (κ2) is 5.69. The molecule has 1 atom stereocenters. The normalized spacial score (nSPS) is 21.3. The molecule has 1 aliphatic rings. The number of rotatable bonds is 3. The number of thioether (sulfide) groups is 1. The summed E-state index contributed by atoms with van der Waals surface area (Å²) in [7, 11) is 0. The first-order chi connectivity index (χ1) is 7.77. The summed E-state index contributed by atoms with van der Waals surface area (Å²) in [5, 5.41) is 5.40. The van der Waals surface area contributed by atoms with Crippen LogP contribution in [0.15, 0.2) is 23.4 Å². The van der Waals surface area contributed by atoms with Crippen LogP contribution in [0.2, 0.25) is 0 Å². The molecule has 1 N–H and O–H groups in total. The molecule has 0 bridgehead atoms. The Bertz CT molecular complexity index is 332. The summed E-state index contributed by atoms with van der Waals surface area (Å²) in [6.07, 6.45) is 5.79. The van der Waals surface area contributed by atoms with Gasteiger partial charge in [0.1, 0.15) is 5.03 Å². The van der Waals surface area contributed by atoms with Crippen molar-refractivity contribution in [2.75, 3.05) is 6.54 Å². The topological polar surface area (TPSA) is 24.9 Å². The van der Waals surface area contributed by atoms with E-state index in [1.54, 1.807) is 0 Å². The first-order valence-corrected chi connectivity index (χ1v) is 7.00. The summed E-state index contributed by atoms with van der Waals surface area (Å²) < 4.78 is 0. The molecule has 0 amide bonds. The molecule has 0 aliphatic carbocycles. The minimum atomic E-state index is 0.517. The summed E-state index contributed by atoms with van der Waals surface area (Å²) in [5.74, 6) is 0. The van der Waals surface area contributed by atoms with Crippen LogP contribution in [0.25, 0.3) is 0 Å². The van der Waals surface area contributed by atoms with E-state index in [9.17, 15) is 0 Å². The summed E-state index contributed by atoms with van der Waals surface area (Å²) in [6.45, 7) is 5.58. The van der Waals surface area contributed by atoms with Gasteiger partial charge in [0.15, 0.2) is 0 Å². The molecule has 1 fully saturated rings. The molecular formula is C13H20N2S. The molecule has 2 rings (SSSR count). The van der Waals surface area contributed by atoms with Crippen LogP contribution >= 0.6 is 11.8 Å². The van der Waals surface area contributed by atoms with Crippen LogP contribution in [0.1, 0.15) is 44.7 Å². The Morgan fingerprint density at radius 1 is 1.44 bits per heavy atom. The zero-order chi connectivity index (χ0) is 11.4. The van der Waals surface area contributed by atoms with E-state index in [1.165, 1.54) is 29.9 Å². The van der Waals surface area contributed by atoms with E-state index < -0.39 is 0 Å². The fourth-order valence-corrected chi connectivity index (χ4v) is 3.02. The van der Waals surface area contributed by atoms with Crippen molar-refractivity contribution >= 4 is 11.8 Å². The summed E-state index contributed by atoms with van der Waals surface area (Å²) in [5.41, 5.74) is 1.39. The van der Waals surface area contributed by atoms with E-state index in [1.807, 2.05) is 18.0 Å². The van der Waals surface area contributed by atoms with Crippen molar-refractivity contribution in [1.82, 2.24) is 10.3 Å². The minimum Gasteiger partial charge on any atom is -0.310 e. The maximum absolute atomic E-state index is 4.52. The van der Waals surface area contributed by atoms with E-state index >= 15 is 0 Å². The second-order valence-corrected chi connectivity index (χ2v) is 6.13. The lowest BCUT2D eigenvalue weighted by Gasteiger charge is -2.25. The highest BCUT2D eigenvalue weighted by atomic mass is 32.2. The molecule has 2 nitrogen and oxygen atoms in total. The first-order valence-electron chi connectivity index (χ1n) is 6.12. The Morgan fingerprint density at radius 2 is 2.31 bits per heavy atom. The van der Waals surface area contributed by atoms with Gasteiger partial charge in [0.05, 0.1) is 0 Å². The van der Waals surface area contributed by atoms with Crippen LogP contribution in [-0.2, 0) is 0 Å². The van der Waals surface area contributed by atoms with E-state index in [0.717, 1.165) is 6.54 Å². The Balaban J connectivity index is 2.17. The fourth-order valence-electron chi connectivity index (χ4n) is 2.11. The molecule has 1 saturated heterocycles. The highest BCUT2D eigenvalue weighted by Crippen LogP contribution is 2.31. The van der Waals surface area contributed by atoms with Crippen LogP contribution in [0.4, 0.5) is 0 Å². The van der Waals surface area contributed by atoms with Gasteiger partial charge in [-0.1, -0.05) is 26.3 Å².